The van der Waals surface area contributed by atoms with Crippen molar-refractivity contribution in [3.8, 4) is 10.7 Å². The van der Waals surface area contributed by atoms with Crippen LogP contribution in [0.25, 0.3) is 10.7 Å². The van der Waals surface area contributed by atoms with Crippen LogP contribution in [0.3, 0.4) is 0 Å². The molecule has 3 aromatic rings. The third-order valence-corrected chi connectivity index (χ3v) is 5.53. The van der Waals surface area contributed by atoms with Crippen molar-refractivity contribution in [1.82, 2.24) is 20.2 Å². The number of halogens is 1. The minimum absolute atomic E-state index is 0.234. The molecule has 0 unspecified atom stereocenters. The average Bonchev–Trinajstić information content (AvgIpc) is 3.08. The van der Waals surface area contributed by atoms with Gasteiger partial charge in [0.25, 0.3) is 0 Å². The number of pyridine rings is 2. The Balaban J connectivity index is 1.52. The van der Waals surface area contributed by atoms with Crippen LogP contribution in [0.2, 0.25) is 0 Å². The molecular formula is C18H18FN5S. The summed E-state index contributed by atoms with van der Waals surface area (Å²) in [5, 5.41) is 13.2. The van der Waals surface area contributed by atoms with Crippen LogP contribution in [0, 0.1) is 11.7 Å². The Labute approximate surface area is 149 Å². The molecule has 0 saturated heterocycles. The standard InChI is InChI=1S/C18H18FN5S/c1-12-9-18(10-12,15-13(19)5-4-8-21-15)11-22-17-24-23-16(25-17)14-6-2-3-7-20-14/h2-8,12H,9-11H2,1H3,(H,22,24). The minimum Gasteiger partial charge on any atom is -0.359 e. The maximum Gasteiger partial charge on any atom is 0.206 e. The van der Waals surface area contributed by atoms with Gasteiger partial charge in [-0.1, -0.05) is 24.3 Å². The molecule has 128 valence electrons. The molecule has 1 aliphatic carbocycles. The smallest absolute Gasteiger partial charge is 0.206 e. The lowest BCUT2D eigenvalue weighted by molar-refractivity contribution is 0.159. The zero-order valence-electron chi connectivity index (χ0n) is 13.8. The summed E-state index contributed by atoms with van der Waals surface area (Å²) in [5.74, 6) is 0.337. The topological polar surface area (TPSA) is 63.6 Å². The van der Waals surface area contributed by atoms with Crippen molar-refractivity contribution in [2.45, 2.75) is 25.2 Å². The molecule has 0 amide bonds. The van der Waals surface area contributed by atoms with Crippen LogP contribution < -0.4 is 5.32 Å². The van der Waals surface area contributed by atoms with Crippen LogP contribution in [0.1, 0.15) is 25.5 Å². The van der Waals surface area contributed by atoms with Gasteiger partial charge in [0.2, 0.25) is 5.13 Å². The molecule has 1 fully saturated rings. The highest BCUT2D eigenvalue weighted by molar-refractivity contribution is 7.18. The SMILES string of the molecule is CC1CC(CNc2nnc(-c3ccccn3)s2)(c2ncccc2F)C1. The normalized spacial score (nSPS) is 22.4. The van der Waals surface area contributed by atoms with Gasteiger partial charge in [0.1, 0.15) is 11.5 Å². The van der Waals surface area contributed by atoms with E-state index < -0.39 is 0 Å². The van der Waals surface area contributed by atoms with E-state index in [9.17, 15) is 4.39 Å². The van der Waals surface area contributed by atoms with Crippen molar-refractivity contribution < 1.29 is 4.39 Å². The Hall–Kier alpha value is -2.41. The second-order valence-corrected chi connectivity index (χ2v) is 7.59. The Morgan fingerprint density at radius 2 is 2.00 bits per heavy atom. The molecule has 0 spiro atoms. The Kier molecular flexibility index (Phi) is 4.17. The molecule has 25 heavy (non-hydrogen) atoms. The Morgan fingerprint density at radius 3 is 2.72 bits per heavy atom. The van der Waals surface area contributed by atoms with Gasteiger partial charge in [0.05, 0.1) is 5.69 Å². The van der Waals surface area contributed by atoms with Crippen molar-refractivity contribution in [1.29, 1.82) is 0 Å². The van der Waals surface area contributed by atoms with Crippen molar-refractivity contribution in [2.24, 2.45) is 5.92 Å². The highest BCUT2D eigenvalue weighted by Crippen LogP contribution is 2.47. The van der Waals surface area contributed by atoms with Gasteiger partial charge in [-0.25, -0.2) is 4.39 Å². The molecule has 1 saturated carbocycles. The number of aromatic nitrogens is 4. The van der Waals surface area contributed by atoms with E-state index in [4.69, 9.17) is 0 Å². The van der Waals surface area contributed by atoms with Crippen LogP contribution in [-0.2, 0) is 5.41 Å². The largest absolute Gasteiger partial charge is 0.359 e. The van der Waals surface area contributed by atoms with Crippen LogP contribution >= 0.6 is 11.3 Å². The lowest BCUT2D eigenvalue weighted by Gasteiger charge is -2.46. The lowest BCUT2D eigenvalue weighted by Crippen LogP contribution is -2.46. The zero-order chi connectivity index (χ0) is 17.3. The first-order valence-corrected chi connectivity index (χ1v) is 9.08. The van der Waals surface area contributed by atoms with Crippen molar-refractivity contribution >= 4 is 16.5 Å². The van der Waals surface area contributed by atoms with Gasteiger partial charge in [-0.15, -0.1) is 10.2 Å². The van der Waals surface area contributed by atoms with Crippen LogP contribution in [-0.4, -0.2) is 26.7 Å². The van der Waals surface area contributed by atoms with Gasteiger partial charge in [-0.2, -0.15) is 0 Å². The summed E-state index contributed by atoms with van der Waals surface area (Å²) in [4.78, 5) is 8.60. The van der Waals surface area contributed by atoms with E-state index in [0.29, 0.717) is 18.2 Å². The molecule has 0 radical (unpaired) electrons. The first-order valence-electron chi connectivity index (χ1n) is 8.26. The third-order valence-electron chi connectivity index (χ3n) is 4.63. The first kappa shape index (κ1) is 16.1. The average molecular weight is 355 g/mol. The van der Waals surface area contributed by atoms with Crippen LogP contribution in [0.15, 0.2) is 42.7 Å². The molecular weight excluding hydrogens is 337 g/mol. The molecule has 5 nitrogen and oxygen atoms in total. The molecule has 7 heteroatoms. The van der Waals surface area contributed by atoms with Gasteiger partial charge in [0, 0.05) is 24.4 Å². The molecule has 3 heterocycles. The molecule has 3 aromatic heterocycles. The van der Waals surface area contributed by atoms with E-state index in [1.165, 1.54) is 17.4 Å². The van der Waals surface area contributed by atoms with Gasteiger partial charge in [0.15, 0.2) is 5.01 Å². The fraction of sp³-hybridized carbons (Fsp3) is 0.333. The van der Waals surface area contributed by atoms with E-state index >= 15 is 0 Å². The molecule has 1 N–H and O–H groups in total. The maximum atomic E-state index is 14.3. The number of nitrogens with zero attached hydrogens (tertiary/aromatic N) is 4. The molecule has 0 bridgehead atoms. The molecule has 1 aliphatic rings. The number of nitrogens with one attached hydrogen (secondary N) is 1. The predicted molar refractivity (Wildman–Crippen MR) is 95.9 cm³/mol. The minimum atomic E-state index is -0.276. The monoisotopic (exact) mass is 355 g/mol. The zero-order valence-corrected chi connectivity index (χ0v) is 14.6. The summed E-state index contributed by atoms with van der Waals surface area (Å²) in [5.41, 5.74) is 1.08. The fourth-order valence-electron chi connectivity index (χ4n) is 3.60. The van der Waals surface area contributed by atoms with E-state index in [1.54, 1.807) is 18.5 Å². The summed E-state index contributed by atoms with van der Waals surface area (Å²) in [6.07, 6.45) is 5.23. The maximum absolute atomic E-state index is 14.3. The van der Waals surface area contributed by atoms with Gasteiger partial charge in [-0.05, 0) is 43.0 Å². The van der Waals surface area contributed by atoms with Crippen molar-refractivity contribution in [3.05, 3.63) is 54.2 Å². The Bertz CT molecular complexity index is 861. The molecule has 0 aromatic carbocycles. The second-order valence-electron chi connectivity index (χ2n) is 6.61. The predicted octanol–water partition coefficient (Wildman–Crippen LogP) is 3.91. The summed E-state index contributed by atoms with van der Waals surface area (Å²) in [7, 11) is 0. The van der Waals surface area contributed by atoms with E-state index in [0.717, 1.165) is 28.7 Å². The number of rotatable bonds is 5. The van der Waals surface area contributed by atoms with Crippen molar-refractivity contribution in [2.75, 3.05) is 11.9 Å². The molecule has 0 aliphatic heterocycles. The van der Waals surface area contributed by atoms with Crippen molar-refractivity contribution in [3.63, 3.8) is 0 Å². The summed E-state index contributed by atoms with van der Waals surface area (Å²) in [6, 6.07) is 8.81. The highest BCUT2D eigenvalue weighted by Gasteiger charge is 2.46. The number of anilines is 1. The molecule has 4 rings (SSSR count). The lowest BCUT2D eigenvalue weighted by atomic mass is 9.60. The second kappa shape index (κ2) is 6.48. The highest BCUT2D eigenvalue weighted by atomic mass is 32.1. The molecule has 0 atom stereocenters. The summed E-state index contributed by atoms with van der Waals surface area (Å²) < 4.78 is 14.3. The van der Waals surface area contributed by atoms with E-state index in [-0.39, 0.29) is 11.2 Å². The van der Waals surface area contributed by atoms with Gasteiger partial charge in [-0.3, -0.25) is 9.97 Å². The quantitative estimate of drug-likeness (QED) is 0.752. The summed E-state index contributed by atoms with van der Waals surface area (Å²) in [6.45, 7) is 2.78. The van der Waals surface area contributed by atoms with E-state index in [1.807, 2.05) is 18.2 Å². The first-order chi connectivity index (χ1) is 12.2. The van der Waals surface area contributed by atoms with E-state index in [2.05, 4.69) is 32.4 Å². The number of hydrogen-bond acceptors (Lipinski definition) is 6. The van der Waals surface area contributed by atoms with Gasteiger partial charge < -0.3 is 5.32 Å². The fourth-order valence-corrected chi connectivity index (χ4v) is 4.32. The third kappa shape index (κ3) is 3.11. The summed E-state index contributed by atoms with van der Waals surface area (Å²) >= 11 is 1.45. The number of hydrogen-bond donors (Lipinski definition) is 1. The van der Waals surface area contributed by atoms with Crippen LogP contribution in [0.4, 0.5) is 9.52 Å². The Morgan fingerprint density at radius 1 is 1.16 bits per heavy atom. The van der Waals surface area contributed by atoms with Crippen LogP contribution in [0.5, 0.6) is 0 Å². The van der Waals surface area contributed by atoms with Gasteiger partial charge >= 0.3 is 0 Å².